The van der Waals surface area contributed by atoms with Gasteiger partial charge in [-0.05, 0) is 338 Å². The van der Waals surface area contributed by atoms with E-state index in [-0.39, 0.29) is 0 Å². The summed E-state index contributed by atoms with van der Waals surface area (Å²) in [5, 5.41) is 0. The van der Waals surface area contributed by atoms with Gasteiger partial charge in [0.15, 0.2) is 0 Å². The van der Waals surface area contributed by atoms with E-state index in [1.54, 1.807) is 0 Å². The van der Waals surface area contributed by atoms with Gasteiger partial charge in [-0.2, -0.15) is 0 Å². The monoisotopic (exact) mass is 1600 g/mol. The van der Waals surface area contributed by atoms with Crippen molar-refractivity contribution in [2.24, 2.45) is 0 Å². The van der Waals surface area contributed by atoms with Crippen LogP contribution in [0.5, 0.6) is 0 Å². The van der Waals surface area contributed by atoms with Crippen LogP contribution in [0.3, 0.4) is 0 Å². The van der Waals surface area contributed by atoms with Gasteiger partial charge in [-0.3, -0.25) is 0 Å². The number of anilines is 18. The van der Waals surface area contributed by atoms with Crippen molar-refractivity contribution in [1.29, 1.82) is 0 Å². The quantitative estimate of drug-likeness (QED) is 0.126. The van der Waals surface area contributed by atoms with E-state index in [2.05, 4.69) is 508 Å². The van der Waals surface area contributed by atoms with E-state index in [1.165, 1.54) is 52.6 Å². The van der Waals surface area contributed by atoms with Crippen LogP contribution >= 0.6 is 0 Å². The van der Waals surface area contributed by atoms with Gasteiger partial charge in [0.25, 0.3) is 0 Å². The molecular formula is C118H98N6. The third kappa shape index (κ3) is 16.9. The van der Waals surface area contributed by atoms with E-state index in [0.717, 1.165) is 176 Å². The first-order valence-corrected chi connectivity index (χ1v) is 43.4. The second-order valence-corrected chi connectivity index (χ2v) is 32.9. The van der Waals surface area contributed by atoms with Crippen molar-refractivity contribution in [2.75, 3.05) is 29.4 Å². The highest BCUT2D eigenvalue weighted by atomic mass is 15.2. The minimum Gasteiger partial charge on any atom is -0.311 e. The summed E-state index contributed by atoms with van der Waals surface area (Å²) in [5.74, 6) is 0. The van der Waals surface area contributed by atoms with Crippen LogP contribution in [-0.4, -0.2) is 0 Å². The van der Waals surface area contributed by atoms with E-state index in [1.807, 2.05) is 0 Å². The van der Waals surface area contributed by atoms with E-state index < -0.39 is 0 Å². The molecule has 19 aliphatic heterocycles. The number of hydrogen-bond donors (Lipinski definition) is 0. The lowest BCUT2D eigenvalue weighted by Crippen LogP contribution is -2.10. The Kier molecular flexibility index (Phi) is 22.3. The molecule has 0 N–H and O–H groups in total. The van der Waals surface area contributed by atoms with Gasteiger partial charge in [0.05, 0.1) is 0 Å². The normalized spacial score (nSPS) is 12.1. The summed E-state index contributed by atoms with van der Waals surface area (Å²) in [6.07, 6.45) is 4.70. The summed E-state index contributed by atoms with van der Waals surface area (Å²) < 4.78 is 0. The van der Waals surface area contributed by atoms with Crippen LogP contribution in [0, 0.1) is 34.6 Å². The molecule has 0 aliphatic carbocycles. The fourth-order valence-corrected chi connectivity index (χ4v) is 17.2. The van der Waals surface area contributed by atoms with Crippen LogP contribution in [0.15, 0.2) is 437 Å². The molecule has 0 atom stereocenters. The molecule has 18 aromatic carbocycles. The zero-order valence-electron chi connectivity index (χ0n) is 71.1. The number of unbranched alkanes of at least 4 members (excludes halogenated alkanes) is 2. The van der Waals surface area contributed by atoms with Crippen molar-refractivity contribution >= 4 is 102 Å². The lowest BCUT2D eigenvalue weighted by Gasteiger charge is -2.27. The molecule has 37 rings (SSSR count). The number of hydrogen-bond acceptors (Lipinski definition) is 6. The molecule has 18 aromatic rings. The molecule has 0 amide bonds. The van der Waals surface area contributed by atoms with Gasteiger partial charge >= 0.3 is 0 Å². The molecule has 0 fully saturated rings. The Hall–Kier alpha value is -15.2. The third-order valence-corrected chi connectivity index (χ3v) is 24.2. The van der Waals surface area contributed by atoms with Crippen molar-refractivity contribution in [3.63, 3.8) is 0 Å². The third-order valence-electron chi connectivity index (χ3n) is 24.2. The standard InChI is InChI=1S/C118H98N6/c1-7-8-9-10-88-21-57-106(58-22-88)124-117-79-43-99(44-80-117)97-39-75-115(76-40-97)122(104-53-17-86(5)18-54-104)113-71-35-95(36-72-113)93-31-67-111(68-32-93)120(102-49-13-84(3)14-50-102)109-63-27-91(28-64-109)89-23-59-107(60-24-89)119(101-47-11-83(2)12-48-101)108-61-25-90(26-62-108)92-29-65-110(66-30-92)121(103-51-15-85(4)16-52-103)112-69-33-94(34-70-112)96-37-73-114(74-38-96)123(105-55-19-87(6)20-56-105)116-77-41-98(42-78-116)100-45-81-118(124)82-46-100/h11-82H,7-10H2,1-6H3. The number of aryl methyl sites for hydroxylation is 6. The highest BCUT2D eigenvalue weighted by Gasteiger charge is 2.23. The van der Waals surface area contributed by atoms with Crippen molar-refractivity contribution in [3.8, 4) is 66.8 Å². The van der Waals surface area contributed by atoms with Crippen LogP contribution in [0.4, 0.5) is 102 Å². The predicted octanol–water partition coefficient (Wildman–Crippen LogP) is 34.1. The van der Waals surface area contributed by atoms with E-state index in [0.29, 0.717) is 0 Å². The first-order valence-electron chi connectivity index (χ1n) is 43.4. The molecule has 24 bridgehead atoms. The molecule has 0 saturated heterocycles. The maximum Gasteiger partial charge on any atom is 0.0462 e. The largest absolute Gasteiger partial charge is 0.311 e. The highest BCUT2D eigenvalue weighted by molar-refractivity contribution is 5.89. The molecule has 0 aromatic heterocycles. The fraction of sp³-hybridized carbons (Fsp3) is 0.0847. The van der Waals surface area contributed by atoms with Crippen molar-refractivity contribution in [2.45, 2.75) is 67.2 Å². The van der Waals surface area contributed by atoms with Crippen molar-refractivity contribution in [1.82, 2.24) is 0 Å². The molecule has 6 nitrogen and oxygen atoms in total. The van der Waals surface area contributed by atoms with Gasteiger partial charge < -0.3 is 29.4 Å². The van der Waals surface area contributed by atoms with Gasteiger partial charge in [-0.25, -0.2) is 0 Å². The molecule has 0 radical (unpaired) electrons. The Bertz CT molecular complexity index is 6100. The highest BCUT2D eigenvalue weighted by Crippen LogP contribution is 2.46. The lowest BCUT2D eigenvalue weighted by atomic mass is 10.0. The van der Waals surface area contributed by atoms with Crippen molar-refractivity contribution < 1.29 is 0 Å². The van der Waals surface area contributed by atoms with Crippen LogP contribution in [0.1, 0.15) is 59.6 Å². The van der Waals surface area contributed by atoms with Gasteiger partial charge in [-0.1, -0.05) is 266 Å². The fourth-order valence-electron chi connectivity index (χ4n) is 17.2. The molecular weight excluding hydrogens is 1500 g/mol. The second-order valence-electron chi connectivity index (χ2n) is 32.9. The molecule has 19 aliphatic rings. The zero-order chi connectivity index (χ0) is 84.0. The van der Waals surface area contributed by atoms with E-state index in [4.69, 9.17) is 0 Å². The van der Waals surface area contributed by atoms with Gasteiger partial charge in [0, 0.05) is 102 Å². The first-order chi connectivity index (χ1) is 60.9. The molecule has 600 valence electrons. The second kappa shape index (κ2) is 35.2. The summed E-state index contributed by atoms with van der Waals surface area (Å²) in [6, 6.07) is 162. The van der Waals surface area contributed by atoms with Crippen molar-refractivity contribution in [3.05, 3.63) is 470 Å². The number of benzene rings is 18. The molecule has 6 heteroatoms. The maximum absolute atomic E-state index is 2.39. The van der Waals surface area contributed by atoms with Crippen LogP contribution in [0.25, 0.3) is 66.8 Å². The average Bonchev–Trinajstić information content (AvgIpc) is 0.805. The molecule has 0 saturated carbocycles. The number of rotatable bonds is 10. The summed E-state index contributed by atoms with van der Waals surface area (Å²) >= 11 is 0. The number of nitrogens with zero attached hydrogens (tertiary/aromatic N) is 6. The Labute approximate surface area is 731 Å². The Morgan fingerprint density at radius 2 is 0.234 bits per heavy atom. The molecule has 0 spiro atoms. The molecule has 0 unspecified atom stereocenters. The van der Waals surface area contributed by atoms with Gasteiger partial charge in [-0.15, -0.1) is 0 Å². The van der Waals surface area contributed by atoms with E-state index >= 15 is 0 Å². The summed E-state index contributed by atoms with van der Waals surface area (Å²) in [6.45, 7) is 13.0. The minimum absolute atomic E-state index is 1.07. The first kappa shape index (κ1) is 78.6. The van der Waals surface area contributed by atoms with Crippen LogP contribution in [0.2, 0.25) is 0 Å². The minimum atomic E-state index is 1.07. The van der Waals surface area contributed by atoms with E-state index in [9.17, 15) is 0 Å². The SMILES string of the molecule is CCCCCc1ccc(N2c3ccc(cc3)-c3ccc(cc3)N(c3ccc(C)cc3)c3ccc(cc3)-c3ccc(cc3)N(c3ccc(C)cc3)c3ccc(cc3)-c3ccc(cc3)N(c3ccc(C)cc3)c3ccc(cc3)-c3ccc(cc3)N(c3ccc(C)cc3)c3ccc(cc3)-c3ccc(cc3)N(c3ccc(C)cc3)c3ccc(cc3)-c3ccc2cc3)cc1. The lowest BCUT2D eigenvalue weighted by molar-refractivity contribution is 0.717. The Morgan fingerprint density at radius 1 is 0.129 bits per heavy atom. The van der Waals surface area contributed by atoms with Gasteiger partial charge in [0.2, 0.25) is 0 Å². The average molecular weight is 1600 g/mol. The Morgan fingerprint density at radius 3 is 0.347 bits per heavy atom. The topological polar surface area (TPSA) is 19.4 Å². The van der Waals surface area contributed by atoms with Crippen LogP contribution < -0.4 is 29.4 Å². The Balaban J connectivity index is 0.670. The summed E-state index contributed by atoms with van der Waals surface area (Å²) in [4.78, 5) is 14.2. The summed E-state index contributed by atoms with van der Waals surface area (Å²) in [5.41, 5.74) is 40.6. The summed E-state index contributed by atoms with van der Waals surface area (Å²) in [7, 11) is 0. The predicted molar refractivity (Wildman–Crippen MR) is 528 cm³/mol. The smallest absolute Gasteiger partial charge is 0.0462 e. The van der Waals surface area contributed by atoms with Gasteiger partial charge in [0.1, 0.15) is 0 Å². The molecule has 19 heterocycles. The maximum atomic E-state index is 2.39. The molecule has 124 heavy (non-hydrogen) atoms. The zero-order valence-corrected chi connectivity index (χ0v) is 71.1. The van der Waals surface area contributed by atoms with Crippen LogP contribution in [-0.2, 0) is 6.42 Å².